The van der Waals surface area contributed by atoms with E-state index in [9.17, 15) is 4.79 Å². The molecule has 5 heteroatoms. The second-order valence-electron chi connectivity index (χ2n) is 8.27. The number of hydrogen-bond donors (Lipinski definition) is 1. The smallest absolute Gasteiger partial charge is 0.318 e. The highest BCUT2D eigenvalue weighted by Gasteiger charge is 2.33. The van der Waals surface area contributed by atoms with Crippen LogP contribution in [0.25, 0.3) is 5.69 Å². The van der Waals surface area contributed by atoms with Crippen molar-refractivity contribution in [3.05, 3.63) is 118 Å². The third-order valence-electron chi connectivity index (χ3n) is 6.02. The molecule has 0 saturated heterocycles. The summed E-state index contributed by atoms with van der Waals surface area (Å²) in [6.07, 6.45) is 2.05. The molecule has 1 aliphatic heterocycles. The molecule has 0 saturated carbocycles. The maximum Gasteiger partial charge on any atom is 0.322 e. The quantitative estimate of drug-likeness (QED) is 0.361. The molecule has 4 nitrogen and oxygen atoms in total. The molecule has 2 amide bonds. The van der Waals surface area contributed by atoms with Gasteiger partial charge >= 0.3 is 6.03 Å². The van der Waals surface area contributed by atoms with Crippen molar-refractivity contribution < 1.29 is 4.79 Å². The summed E-state index contributed by atoms with van der Waals surface area (Å²) in [6.45, 7) is 4.51. The minimum Gasteiger partial charge on any atom is -0.318 e. The Hall–Kier alpha value is -3.50. The fourth-order valence-corrected chi connectivity index (χ4v) is 4.62. The van der Waals surface area contributed by atoms with Crippen molar-refractivity contribution in [3.8, 4) is 5.69 Å². The van der Waals surface area contributed by atoms with Crippen molar-refractivity contribution in [2.75, 3.05) is 5.32 Å². The van der Waals surface area contributed by atoms with Gasteiger partial charge in [-0.3, -0.25) is 0 Å². The Labute approximate surface area is 193 Å². The van der Waals surface area contributed by atoms with Crippen LogP contribution in [0.2, 0.25) is 5.02 Å². The molecule has 1 aromatic heterocycles. The van der Waals surface area contributed by atoms with E-state index in [2.05, 4.69) is 40.3 Å². The van der Waals surface area contributed by atoms with Gasteiger partial charge in [-0.2, -0.15) is 0 Å². The standard InChI is InChI=1S/C27H24ClN3O/c1-18-12-13-19(2)23(15-18)29-27(32)31-17-21-7-3-4-10-24(21)30-14-6-11-25(30)26(31)20-8-5-9-22(28)16-20/h3-16,26H,17H2,1-2H3,(H,29,32)/t26-/m1/s1. The molecule has 0 spiro atoms. The monoisotopic (exact) mass is 441 g/mol. The van der Waals surface area contributed by atoms with Crippen LogP contribution in [0.1, 0.15) is 34.0 Å². The average molecular weight is 442 g/mol. The number of hydrogen-bond acceptors (Lipinski definition) is 1. The van der Waals surface area contributed by atoms with Gasteiger partial charge in [0.05, 0.1) is 18.3 Å². The van der Waals surface area contributed by atoms with Crippen molar-refractivity contribution in [1.82, 2.24) is 9.47 Å². The molecule has 1 aliphatic rings. The highest BCUT2D eigenvalue weighted by molar-refractivity contribution is 6.30. The zero-order valence-electron chi connectivity index (χ0n) is 18.0. The van der Waals surface area contributed by atoms with Crippen molar-refractivity contribution in [2.24, 2.45) is 0 Å². The Balaban J connectivity index is 1.65. The van der Waals surface area contributed by atoms with Gasteiger partial charge in [0.15, 0.2) is 0 Å². The fourth-order valence-electron chi connectivity index (χ4n) is 4.42. The van der Waals surface area contributed by atoms with Gasteiger partial charge < -0.3 is 14.8 Å². The SMILES string of the molecule is Cc1ccc(C)c(NC(=O)N2Cc3ccccc3-n3cccc3[C@H]2c2cccc(Cl)c2)c1. The molecular weight excluding hydrogens is 418 g/mol. The number of aryl methyl sites for hydroxylation is 2. The van der Waals surface area contributed by atoms with Gasteiger partial charge in [-0.1, -0.05) is 54.1 Å². The number of halogens is 1. The largest absolute Gasteiger partial charge is 0.322 e. The summed E-state index contributed by atoms with van der Waals surface area (Å²) in [6, 6.07) is 25.7. The number of benzene rings is 3. The van der Waals surface area contributed by atoms with E-state index < -0.39 is 0 Å². The number of rotatable bonds is 2. The van der Waals surface area contributed by atoms with Gasteiger partial charge in [-0.05, 0) is 72.5 Å². The second-order valence-corrected chi connectivity index (χ2v) is 8.70. The van der Waals surface area contributed by atoms with Gasteiger partial charge in [0, 0.05) is 22.6 Å². The molecule has 0 bridgehead atoms. The van der Waals surface area contributed by atoms with E-state index in [1.165, 1.54) is 0 Å². The van der Waals surface area contributed by atoms with Crippen LogP contribution in [-0.2, 0) is 6.54 Å². The predicted molar refractivity (Wildman–Crippen MR) is 130 cm³/mol. The number of urea groups is 1. The van der Waals surface area contributed by atoms with Crippen LogP contribution in [0.4, 0.5) is 10.5 Å². The maximum absolute atomic E-state index is 13.8. The minimum atomic E-state index is -0.291. The molecule has 4 aromatic rings. The number of nitrogens with one attached hydrogen (secondary N) is 1. The van der Waals surface area contributed by atoms with Crippen molar-refractivity contribution in [1.29, 1.82) is 0 Å². The minimum absolute atomic E-state index is 0.145. The van der Waals surface area contributed by atoms with Crippen LogP contribution >= 0.6 is 11.6 Å². The summed E-state index contributed by atoms with van der Waals surface area (Å²) in [5.41, 5.74) is 7.13. The third kappa shape index (κ3) is 3.67. The van der Waals surface area contributed by atoms with Crippen molar-refractivity contribution in [3.63, 3.8) is 0 Å². The first kappa shape index (κ1) is 20.4. The van der Waals surface area contributed by atoms with Gasteiger partial charge in [0.2, 0.25) is 0 Å². The van der Waals surface area contributed by atoms with Gasteiger partial charge in [0.25, 0.3) is 0 Å². The number of carbonyl (C=O) groups excluding carboxylic acids is 1. The molecule has 0 fully saturated rings. The summed E-state index contributed by atoms with van der Waals surface area (Å²) in [4.78, 5) is 15.7. The van der Waals surface area contributed by atoms with Crippen molar-refractivity contribution >= 4 is 23.3 Å². The highest BCUT2D eigenvalue weighted by atomic mass is 35.5. The van der Waals surface area contributed by atoms with Crippen LogP contribution in [0.3, 0.4) is 0 Å². The second kappa shape index (κ2) is 8.21. The third-order valence-corrected chi connectivity index (χ3v) is 6.26. The Bertz CT molecular complexity index is 1310. The van der Waals surface area contributed by atoms with Crippen LogP contribution < -0.4 is 5.32 Å². The summed E-state index contributed by atoms with van der Waals surface area (Å²) in [5.74, 6) is 0. The van der Waals surface area contributed by atoms with Crippen LogP contribution in [0, 0.1) is 13.8 Å². The topological polar surface area (TPSA) is 37.3 Å². The van der Waals surface area contributed by atoms with E-state index >= 15 is 0 Å². The van der Waals surface area contributed by atoms with Crippen LogP contribution in [0.5, 0.6) is 0 Å². The molecule has 0 aliphatic carbocycles. The molecule has 0 unspecified atom stereocenters. The lowest BCUT2D eigenvalue weighted by Gasteiger charge is -2.31. The Morgan fingerprint density at radius 1 is 0.969 bits per heavy atom. The van der Waals surface area contributed by atoms with Gasteiger partial charge in [-0.25, -0.2) is 4.79 Å². The molecule has 3 aromatic carbocycles. The Kier molecular flexibility index (Phi) is 5.24. The maximum atomic E-state index is 13.8. The molecule has 0 radical (unpaired) electrons. The Morgan fingerprint density at radius 2 is 1.81 bits per heavy atom. The van der Waals surface area contributed by atoms with Gasteiger partial charge in [0.1, 0.15) is 0 Å². The number of fused-ring (bicyclic) bond motifs is 3. The number of aromatic nitrogens is 1. The van der Waals surface area contributed by atoms with E-state index in [-0.39, 0.29) is 12.1 Å². The van der Waals surface area contributed by atoms with E-state index in [1.54, 1.807) is 0 Å². The summed E-state index contributed by atoms with van der Waals surface area (Å²) >= 11 is 6.36. The number of anilines is 1. The zero-order chi connectivity index (χ0) is 22.2. The van der Waals surface area contributed by atoms with E-state index in [4.69, 9.17) is 11.6 Å². The van der Waals surface area contributed by atoms with Crippen LogP contribution in [-0.4, -0.2) is 15.5 Å². The molecular formula is C27H24ClN3O. The summed E-state index contributed by atoms with van der Waals surface area (Å²) in [7, 11) is 0. The van der Waals surface area contributed by atoms with Crippen molar-refractivity contribution in [2.45, 2.75) is 26.4 Å². The lowest BCUT2D eigenvalue weighted by molar-refractivity contribution is 0.194. The summed E-state index contributed by atoms with van der Waals surface area (Å²) in [5, 5.41) is 3.81. The molecule has 160 valence electrons. The first-order valence-electron chi connectivity index (χ1n) is 10.7. The molecule has 32 heavy (non-hydrogen) atoms. The predicted octanol–water partition coefficient (Wildman–Crippen LogP) is 6.88. The fraction of sp³-hybridized carbons (Fsp3) is 0.148. The average Bonchev–Trinajstić information content (AvgIpc) is 3.20. The lowest BCUT2D eigenvalue weighted by Crippen LogP contribution is -2.38. The first-order chi connectivity index (χ1) is 15.5. The molecule has 1 N–H and O–H groups in total. The zero-order valence-corrected chi connectivity index (χ0v) is 18.8. The Morgan fingerprint density at radius 3 is 2.66 bits per heavy atom. The van der Waals surface area contributed by atoms with Crippen LogP contribution in [0.15, 0.2) is 85.1 Å². The lowest BCUT2D eigenvalue weighted by atomic mass is 10.0. The number of amides is 2. The molecule has 5 rings (SSSR count). The number of nitrogens with zero attached hydrogens (tertiary/aromatic N) is 2. The summed E-state index contributed by atoms with van der Waals surface area (Å²) < 4.78 is 2.17. The van der Waals surface area contributed by atoms with E-state index in [0.29, 0.717) is 11.6 Å². The van der Waals surface area contributed by atoms with E-state index in [0.717, 1.165) is 39.3 Å². The normalized spacial score (nSPS) is 15.0. The highest BCUT2D eigenvalue weighted by Crippen LogP contribution is 2.37. The first-order valence-corrected chi connectivity index (χ1v) is 11.0. The molecule has 2 heterocycles. The number of para-hydroxylation sites is 1. The van der Waals surface area contributed by atoms with Gasteiger partial charge in [-0.15, -0.1) is 0 Å². The molecule has 1 atom stereocenters. The number of carbonyl (C=O) groups is 1. The van der Waals surface area contributed by atoms with E-state index in [1.807, 2.05) is 73.3 Å².